The summed E-state index contributed by atoms with van der Waals surface area (Å²) in [6.45, 7) is 2.65. The van der Waals surface area contributed by atoms with Gasteiger partial charge in [0.15, 0.2) is 0 Å². The van der Waals surface area contributed by atoms with Crippen molar-refractivity contribution in [1.82, 2.24) is 0 Å². The normalized spacial score (nSPS) is 9.80. The number of anilines is 2. The highest BCUT2D eigenvalue weighted by Gasteiger charge is 2.06. The number of aryl methyl sites for hydroxylation is 1. The molecule has 0 atom stereocenters. The van der Waals surface area contributed by atoms with E-state index in [0.29, 0.717) is 13.0 Å². The molecule has 82 valence electrons. The van der Waals surface area contributed by atoms with Gasteiger partial charge >= 0.3 is 0 Å². The van der Waals surface area contributed by atoms with Crippen LogP contribution in [0.1, 0.15) is 12.0 Å². The van der Waals surface area contributed by atoms with E-state index in [4.69, 9.17) is 0 Å². The van der Waals surface area contributed by atoms with Gasteiger partial charge in [0.1, 0.15) is 6.29 Å². The van der Waals surface area contributed by atoms with E-state index >= 15 is 0 Å². The summed E-state index contributed by atoms with van der Waals surface area (Å²) in [6, 6.07) is 6.09. The van der Waals surface area contributed by atoms with Crippen LogP contribution in [0.2, 0.25) is 0 Å². The van der Waals surface area contributed by atoms with E-state index in [1.54, 1.807) is 4.31 Å². The van der Waals surface area contributed by atoms with Crippen molar-refractivity contribution in [2.24, 2.45) is 0 Å². The molecule has 1 aromatic carbocycles. The number of rotatable bonds is 5. The Morgan fingerprint density at radius 2 is 2.27 bits per heavy atom. The van der Waals surface area contributed by atoms with Gasteiger partial charge in [-0.3, -0.25) is 0 Å². The number of thiol groups is 1. The number of carbonyl (C=O) groups is 1. The molecule has 15 heavy (non-hydrogen) atoms. The fourth-order valence-electron chi connectivity index (χ4n) is 1.36. The Balaban J connectivity index is 2.89. The first-order chi connectivity index (χ1) is 7.19. The lowest BCUT2D eigenvalue weighted by Gasteiger charge is -2.20. The number of aldehydes is 1. The number of hydrogen-bond acceptors (Lipinski definition) is 4. The van der Waals surface area contributed by atoms with Crippen molar-refractivity contribution < 1.29 is 4.79 Å². The maximum absolute atomic E-state index is 10.3. The molecule has 0 saturated carbocycles. The van der Waals surface area contributed by atoms with Crippen LogP contribution in [0.3, 0.4) is 0 Å². The van der Waals surface area contributed by atoms with Gasteiger partial charge in [0, 0.05) is 20.0 Å². The topological polar surface area (TPSA) is 32.3 Å². The quantitative estimate of drug-likeness (QED) is 0.594. The van der Waals surface area contributed by atoms with Gasteiger partial charge in [-0.1, -0.05) is 18.9 Å². The van der Waals surface area contributed by atoms with E-state index in [9.17, 15) is 4.79 Å². The molecule has 3 nitrogen and oxygen atoms in total. The van der Waals surface area contributed by atoms with Gasteiger partial charge in [0.05, 0.1) is 11.4 Å². The SMILES string of the molecule is CNc1ccc(C)cc1N(S)CCC=O. The molecular formula is C11H16N2OS. The van der Waals surface area contributed by atoms with Crippen LogP contribution in [0.4, 0.5) is 11.4 Å². The van der Waals surface area contributed by atoms with Crippen LogP contribution < -0.4 is 9.62 Å². The first-order valence-corrected chi connectivity index (χ1v) is 5.27. The van der Waals surface area contributed by atoms with Crippen molar-refractivity contribution in [3.8, 4) is 0 Å². The van der Waals surface area contributed by atoms with Crippen molar-refractivity contribution in [1.29, 1.82) is 0 Å². The Kier molecular flexibility index (Phi) is 4.49. The van der Waals surface area contributed by atoms with Gasteiger partial charge in [-0.15, -0.1) is 0 Å². The van der Waals surface area contributed by atoms with Crippen LogP contribution in [0.5, 0.6) is 0 Å². The lowest BCUT2D eigenvalue weighted by atomic mass is 10.2. The summed E-state index contributed by atoms with van der Waals surface area (Å²) in [7, 11) is 1.87. The lowest BCUT2D eigenvalue weighted by molar-refractivity contribution is -0.107. The number of carbonyl (C=O) groups excluding carboxylic acids is 1. The van der Waals surface area contributed by atoms with Crippen molar-refractivity contribution in [3.05, 3.63) is 23.8 Å². The minimum Gasteiger partial charge on any atom is -0.386 e. The van der Waals surface area contributed by atoms with Crippen molar-refractivity contribution >= 4 is 30.5 Å². The van der Waals surface area contributed by atoms with E-state index < -0.39 is 0 Å². The Morgan fingerprint density at radius 1 is 1.53 bits per heavy atom. The molecule has 0 aliphatic heterocycles. The van der Waals surface area contributed by atoms with Crippen LogP contribution >= 0.6 is 12.8 Å². The second-order valence-corrected chi connectivity index (χ2v) is 3.83. The predicted molar refractivity (Wildman–Crippen MR) is 67.7 cm³/mol. The van der Waals surface area contributed by atoms with Crippen LogP contribution in [0.15, 0.2) is 18.2 Å². The van der Waals surface area contributed by atoms with Crippen molar-refractivity contribution in [2.45, 2.75) is 13.3 Å². The van der Waals surface area contributed by atoms with E-state index in [1.807, 2.05) is 32.2 Å². The zero-order chi connectivity index (χ0) is 11.3. The molecule has 0 unspecified atom stereocenters. The minimum absolute atomic E-state index is 0.487. The van der Waals surface area contributed by atoms with Crippen LogP contribution in [-0.4, -0.2) is 19.9 Å². The van der Waals surface area contributed by atoms with Gasteiger partial charge < -0.3 is 14.4 Å². The molecule has 4 heteroatoms. The van der Waals surface area contributed by atoms with Crippen molar-refractivity contribution in [2.75, 3.05) is 23.2 Å². The third-order valence-corrected chi connectivity index (χ3v) is 2.57. The smallest absolute Gasteiger partial charge is 0.121 e. The summed E-state index contributed by atoms with van der Waals surface area (Å²) >= 11 is 4.36. The van der Waals surface area contributed by atoms with Crippen LogP contribution in [-0.2, 0) is 4.79 Å². The molecule has 0 heterocycles. The van der Waals surface area contributed by atoms with Gasteiger partial charge in [-0.2, -0.15) is 0 Å². The predicted octanol–water partition coefficient (Wildman–Crippen LogP) is 2.28. The molecule has 0 amide bonds. The fraction of sp³-hybridized carbons (Fsp3) is 0.364. The molecule has 1 N–H and O–H groups in total. The fourth-order valence-corrected chi connectivity index (χ4v) is 1.64. The van der Waals surface area contributed by atoms with Gasteiger partial charge in [-0.05, 0) is 24.6 Å². The summed E-state index contributed by atoms with van der Waals surface area (Å²) in [5, 5.41) is 3.10. The maximum atomic E-state index is 10.3. The summed E-state index contributed by atoms with van der Waals surface area (Å²) in [5.41, 5.74) is 3.19. The van der Waals surface area contributed by atoms with Crippen LogP contribution in [0.25, 0.3) is 0 Å². The molecule has 0 bridgehead atoms. The van der Waals surface area contributed by atoms with Gasteiger partial charge in [0.25, 0.3) is 0 Å². The molecule has 0 aliphatic carbocycles. The highest BCUT2D eigenvalue weighted by molar-refractivity contribution is 7.81. The Labute approximate surface area is 96.0 Å². The van der Waals surface area contributed by atoms with E-state index in [0.717, 1.165) is 17.7 Å². The third kappa shape index (κ3) is 3.16. The van der Waals surface area contributed by atoms with E-state index in [2.05, 4.69) is 18.1 Å². The zero-order valence-electron chi connectivity index (χ0n) is 9.03. The highest BCUT2D eigenvalue weighted by atomic mass is 32.1. The third-order valence-electron chi connectivity index (χ3n) is 2.16. The minimum atomic E-state index is 0.487. The summed E-state index contributed by atoms with van der Waals surface area (Å²) in [4.78, 5) is 10.3. The molecule has 1 rings (SSSR count). The number of nitrogens with one attached hydrogen (secondary N) is 1. The number of nitrogens with zero attached hydrogens (tertiary/aromatic N) is 1. The summed E-state index contributed by atoms with van der Waals surface area (Å²) in [5.74, 6) is 0. The average Bonchev–Trinajstić information content (AvgIpc) is 2.25. The molecule has 1 aromatic rings. The molecule has 0 aliphatic rings. The lowest BCUT2D eigenvalue weighted by Crippen LogP contribution is -2.14. The summed E-state index contributed by atoms with van der Waals surface area (Å²) in [6.07, 6.45) is 1.39. The first-order valence-electron chi connectivity index (χ1n) is 4.87. The zero-order valence-corrected chi connectivity index (χ0v) is 9.92. The maximum Gasteiger partial charge on any atom is 0.121 e. The Morgan fingerprint density at radius 3 is 2.87 bits per heavy atom. The van der Waals surface area contributed by atoms with Gasteiger partial charge in [-0.25, -0.2) is 0 Å². The molecular weight excluding hydrogens is 208 g/mol. The molecule has 0 spiro atoms. The number of benzene rings is 1. The molecule has 0 aromatic heterocycles. The molecule has 0 radical (unpaired) electrons. The second-order valence-electron chi connectivity index (χ2n) is 3.35. The monoisotopic (exact) mass is 224 g/mol. The first kappa shape index (κ1) is 11.9. The van der Waals surface area contributed by atoms with E-state index in [-0.39, 0.29) is 0 Å². The molecule has 0 saturated heterocycles. The number of hydrogen-bond donors (Lipinski definition) is 2. The largest absolute Gasteiger partial charge is 0.386 e. The highest BCUT2D eigenvalue weighted by Crippen LogP contribution is 2.27. The average molecular weight is 224 g/mol. The Bertz CT molecular complexity index is 341. The van der Waals surface area contributed by atoms with Crippen molar-refractivity contribution in [3.63, 3.8) is 0 Å². The standard InChI is InChI=1S/C11H16N2OS/c1-9-4-5-10(12-2)11(8-9)13(15)6-3-7-14/h4-5,7-8,12,15H,3,6H2,1-2H3. The van der Waals surface area contributed by atoms with E-state index in [1.165, 1.54) is 5.56 Å². The van der Waals surface area contributed by atoms with Crippen LogP contribution in [0, 0.1) is 6.92 Å². The Hall–Kier alpha value is -1.16. The molecule has 0 fully saturated rings. The van der Waals surface area contributed by atoms with Gasteiger partial charge in [0.2, 0.25) is 0 Å². The summed E-state index contributed by atoms with van der Waals surface area (Å²) < 4.78 is 1.78. The second kappa shape index (κ2) is 5.66.